The number of alkyl halides is 3. The number of para-hydroxylation sites is 1. The monoisotopic (exact) mass is 549 g/mol. The zero-order chi connectivity index (χ0) is 27.2. The van der Waals surface area contributed by atoms with Crippen LogP contribution in [0.5, 0.6) is 0 Å². The fourth-order valence-electron chi connectivity index (χ4n) is 4.22. The number of H-pyrrole nitrogens is 1. The summed E-state index contributed by atoms with van der Waals surface area (Å²) in [5.74, 6) is -0.190. The van der Waals surface area contributed by atoms with E-state index in [4.69, 9.17) is 0 Å². The SMILES string of the molecule is CCS(=O)(=O)c1cc2cc(CC(O)(CC(C)(C)c3ccccc3NP(=O)(O)O)C(F)(F)F)[nH]c2cn1. The molecule has 0 aliphatic heterocycles. The molecule has 0 aliphatic rings. The number of pyridine rings is 1. The van der Waals surface area contributed by atoms with Gasteiger partial charge in [0.25, 0.3) is 0 Å². The molecular formula is C22H27F3N3O6PS. The number of nitrogens with one attached hydrogen (secondary N) is 2. The van der Waals surface area contributed by atoms with Crippen molar-refractivity contribution < 1.29 is 41.0 Å². The summed E-state index contributed by atoms with van der Waals surface area (Å²) in [6, 6.07) is 8.34. The van der Waals surface area contributed by atoms with Gasteiger partial charge in [-0.3, -0.25) is 5.09 Å². The Morgan fingerprint density at radius 1 is 1.14 bits per heavy atom. The number of nitrogens with zero attached hydrogens (tertiary/aromatic N) is 1. The molecule has 36 heavy (non-hydrogen) atoms. The Morgan fingerprint density at radius 3 is 2.36 bits per heavy atom. The van der Waals surface area contributed by atoms with Crippen molar-refractivity contribution in [3.8, 4) is 0 Å². The molecule has 0 amide bonds. The topological polar surface area (TPSA) is 153 Å². The second-order valence-electron chi connectivity index (χ2n) is 9.28. The van der Waals surface area contributed by atoms with Crippen LogP contribution in [0.1, 0.15) is 38.4 Å². The molecule has 2 aromatic heterocycles. The van der Waals surface area contributed by atoms with E-state index in [0.29, 0.717) is 10.9 Å². The summed E-state index contributed by atoms with van der Waals surface area (Å²) >= 11 is 0. The van der Waals surface area contributed by atoms with Crippen LogP contribution >= 0.6 is 7.75 Å². The third kappa shape index (κ3) is 6.09. The molecule has 0 saturated carbocycles. The van der Waals surface area contributed by atoms with Crippen LogP contribution in [0.4, 0.5) is 18.9 Å². The predicted molar refractivity (Wildman–Crippen MR) is 128 cm³/mol. The average molecular weight is 550 g/mol. The Labute approximate surface area is 205 Å². The van der Waals surface area contributed by atoms with Gasteiger partial charge in [-0.1, -0.05) is 39.0 Å². The molecule has 9 nitrogen and oxygen atoms in total. The number of aromatic amines is 1. The molecule has 1 unspecified atom stereocenters. The van der Waals surface area contributed by atoms with Gasteiger partial charge in [0.1, 0.15) is 0 Å². The van der Waals surface area contributed by atoms with E-state index < -0.39 is 47.6 Å². The lowest BCUT2D eigenvalue weighted by Crippen LogP contribution is -2.51. The highest BCUT2D eigenvalue weighted by molar-refractivity contribution is 7.91. The summed E-state index contributed by atoms with van der Waals surface area (Å²) in [5, 5.41) is 13.1. The third-order valence-corrected chi connectivity index (χ3v) is 8.05. The molecule has 2 heterocycles. The minimum absolute atomic E-state index is 0.00935. The number of sulfone groups is 1. The molecule has 1 aromatic carbocycles. The fraction of sp³-hybridized carbons (Fsp3) is 0.409. The molecular weight excluding hydrogens is 522 g/mol. The molecule has 198 valence electrons. The number of rotatable bonds is 9. The maximum atomic E-state index is 14.2. The number of halogens is 3. The maximum absolute atomic E-state index is 14.2. The number of aliphatic hydroxyl groups is 1. The van der Waals surface area contributed by atoms with Crippen LogP contribution in [-0.4, -0.2) is 50.8 Å². The van der Waals surface area contributed by atoms with Crippen LogP contribution in [0.15, 0.2) is 47.6 Å². The van der Waals surface area contributed by atoms with Gasteiger partial charge >= 0.3 is 13.9 Å². The van der Waals surface area contributed by atoms with E-state index in [1.54, 1.807) is 0 Å². The second-order valence-corrected chi connectivity index (χ2v) is 12.8. The molecule has 0 fully saturated rings. The van der Waals surface area contributed by atoms with E-state index in [9.17, 15) is 41.0 Å². The summed E-state index contributed by atoms with van der Waals surface area (Å²) in [7, 11) is -8.37. The Balaban J connectivity index is 1.99. The molecule has 3 aromatic rings. The molecule has 0 radical (unpaired) electrons. The van der Waals surface area contributed by atoms with E-state index in [0.717, 1.165) is 0 Å². The average Bonchev–Trinajstić information content (AvgIpc) is 3.12. The number of hydrogen-bond donors (Lipinski definition) is 5. The molecule has 0 aliphatic carbocycles. The minimum atomic E-state index is -5.07. The van der Waals surface area contributed by atoms with Crippen molar-refractivity contribution in [3.05, 3.63) is 53.9 Å². The zero-order valence-corrected chi connectivity index (χ0v) is 21.4. The quantitative estimate of drug-likeness (QED) is 0.251. The molecule has 1 atom stereocenters. The Hall–Kier alpha value is -2.44. The van der Waals surface area contributed by atoms with Crippen molar-refractivity contribution in [2.24, 2.45) is 0 Å². The van der Waals surface area contributed by atoms with Gasteiger partial charge in [-0.05, 0) is 35.6 Å². The van der Waals surface area contributed by atoms with Crippen LogP contribution in [0.3, 0.4) is 0 Å². The van der Waals surface area contributed by atoms with Crippen molar-refractivity contribution in [3.63, 3.8) is 0 Å². The lowest BCUT2D eigenvalue weighted by Gasteiger charge is -2.38. The van der Waals surface area contributed by atoms with Gasteiger partial charge in [-0.15, -0.1) is 0 Å². The van der Waals surface area contributed by atoms with Gasteiger partial charge < -0.3 is 19.9 Å². The fourth-order valence-corrected chi connectivity index (χ4v) is 5.54. The number of anilines is 1. The predicted octanol–water partition coefficient (Wildman–Crippen LogP) is 4.06. The highest BCUT2D eigenvalue weighted by Gasteiger charge is 2.56. The van der Waals surface area contributed by atoms with E-state index in [-0.39, 0.29) is 27.7 Å². The largest absolute Gasteiger partial charge is 0.427 e. The first-order chi connectivity index (χ1) is 16.4. The molecule has 0 bridgehead atoms. The highest BCUT2D eigenvalue weighted by atomic mass is 32.2. The van der Waals surface area contributed by atoms with E-state index >= 15 is 0 Å². The smallest absolute Gasteiger partial charge is 0.380 e. The molecule has 0 saturated heterocycles. The first kappa shape index (κ1) is 28.1. The molecule has 3 rings (SSSR count). The third-order valence-electron chi connectivity index (χ3n) is 5.90. The van der Waals surface area contributed by atoms with Gasteiger partial charge in [0.05, 0.1) is 17.5 Å². The van der Waals surface area contributed by atoms with Crippen LogP contribution in [0.2, 0.25) is 0 Å². The van der Waals surface area contributed by atoms with E-state index in [2.05, 4.69) is 9.97 Å². The van der Waals surface area contributed by atoms with Crippen LogP contribution < -0.4 is 5.09 Å². The summed E-state index contributed by atoms with van der Waals surface area (Å²) < 4.78 is 78.4. The van der Waals surface area contributed by atoms with Crippen molar-refractivity contribution >= 4 is 34.2 Å². The zero-order valence-electron chi connectivity index (χ0n) is 19.7. The van der Waals surface area contributed by atoms with Crippen molar-refractivity contribution in [1.82, 2.24) is 9.97 Å². The maximum Gasteiger partial charge on any atom is 0.427 e. The Morgan fingerprint density at radius 2 is 1.78 bits per heavy atom. The summed E-state index contributed by atoms with van der Waals surface area (Å²) in [6.07, 6.45) is -5.57. The van der Waals surface area contributed by atoms with Gasteiger partial charge in [0.15, 0.2) is 20.5 Å². The summed E-state index contributed by atoms with van der Waals surface area (Å²) in [6.45, 7) is 4.31. The second kappa shape index (κ2) is 9.46. The minimum Gasteiger partial charge on any atom is -0.380 e. The number of fused-ring (bicyclic) bond motifs is 1. The standard InChI is InChI=1S/C22H27F3N3O6PS/c1-4-36(33,34)19-10-14-9-15(27-18(14)12-26-19)11-21(29,22(23,24)25)13-20(2,3)16-7-5-6-8-17(16)28-35(30,31)32/h5-10,12,27,29H,4,11,13H2,1-3H3,(H3,28,30,31,32). The molecule has 14 heteroatoms. The van der Waals surface area contributed by atoms with Gasteiger partial charge in [-0.25, -0.2) is 18.0 Å². The normalized spacial score (nSPS) is 15.1. The highest BCUT2D eigenvalue weighted by Crippen LogP contribution is 2.46. The number of hydrogen-bond acceptors (Lipinski definition) is 5. The Bertz CT molecular complexity index is 1420. The van der Waals surface area contributed by atoms with E-state index in [1.165, 1.54) is 63.4 Å². The summed E-state index contributed by atoms with van der Waals surface area (Å²) in [4.78, 5) is 25.2. The first-order valence-electron chi connectivity index (χ1n) is 10.8. The summed E-state index contributed by atoms with van der Waals surface area (Å²) in [5.41, 5.74) is -4.19. The van der Waals surface area contributed by atoms with E-state index in [1.807, 2.05) is 5.09 Å². The van der Waals surface area contributed by atoms with Crippen LogP contribution in [0.25, 0.3) is 10.9 Å². The van der Waals surface area contributed by atoms with Crippen molar-refractivity contribution in [1.29, 1.82) is 0 Å². The molecule has 5 N–H and O–H groups in total. The van der Waals surface area contributed by atoms with Gasteiger partial charge in [0.2, 0.25) is 0 Å². The molecule has 0 spiro atoms. The number of benzene rings is 1. The Kier molecular flexibility index (Phi) is 7.39. The van der Waals surface area contributed by atoms with Crippen molar-refractivity contribution in [2.75, 3.05) is 10.8 Å². The first-order valence-corrected chi connectivity index (χ1v) is 14.1. The number of aromatic nitrogens is 2. The van der Waals surface area contributed by atoms with Crippen LogP contribution in [-0.2, 0) is 26.2 Å². The lowest BCUT2D eigenvalue weighted by atomic mass is 9.73. The lowest BCUT2D eigenvalue weighted by molar-refractivity contribution is -0.266. The van der Waals surface area contributed by atoms with Gasteiger partial charge in [-0.2, -0.15) is 13.2 Å². The van der Waals surface area contributed by atoms with Gasteiger partial charge in [0, 0.05) is 23.2 Å². The van der Waals surface area contributed by atoms with Crippen LogP contribution in [0, 0.1) is 0 Å². The van der Waals surface area contributed by atoms with Crippen molar-refractivity contribution in [2.45, 2.75) is 55.8 Å².